The van der Waals surface area contributed by atoms with E-state index >= 15 is 0 Å². The van der Waals surface area contributed by atoms with Crippen LogP contribution in [0.15, 0.2) is 54.7 Å². The summed E-state index contributed by atoms with van der Waals surface area (Å²) in [6.07, 6.45) is 2.82. The molecule has 0 radical (unpaired) electrons. The maximum Gasteiger partial charge on any atom is 0.0457 e. The van der Waals surface area contributed by atoms with Crippen LogP contribution in [0.2, 0.25) is 0 Å². The van der Waals surface area contributed by atoms with Crippen LogP contribution in [0.3, 0.4) is 0 Å². The van der Waals surface area contributed by atoms with Crippen LogP contribution in [0.25, 0.3) is 10.9 Å². The average molecular weight is 265 g/mol. The number of nitrogens with one attached hydrogen (secondary N) is 1. The van der Waals surface area contributed by atoms with E-state index in [-0.39, 0.29) is 12.5 Å². The van der Waals surface area contributed by atoms with E-state index in [2.05, 4.69) is 60.6 Å². The first-order valence-electron chi connectivity index (χ1n) is 7.03. The molecule has 0 amide bonds. The van der Waals surface area contributed by atoms with Crippen molar-refractivity contribution >= 4 is 10.9 Å². The second-order valence-corrected chi connectivity index (χ2v) is 5.27. The molecule has 1 atom stereocenters. The van der Waals surface area contributed by atoms with Gasteiger partial charge in [-0.1, -0.05) is 48.0 Å². The molecule has 1 heterocycles. The summed E-state index contributed by atoms with van der Waals surface area (Å²) in [5, 5.41) is 10.7. The Morgan fingerprint density at radius 2 is 1.80 bits per heavy atom. The minimum absolute atomic E-state index is 0.193. The van der Waals surface area contributed by atoms with Gasteiger partial charge in [-0.15, -0.1) is 0 Å². The molecule has 0 spiro atoms. The summed E-state index contributed by atoms with van der Waals surface area (Å²) >= 11 is 0. The van der Waals surface area contributed by atoms with Gasteiger partial charge >= 0.3 is 0 Å². The average Bonchev–Trinajstić information content (AvgIpc) is 2.90. The molecular weight excluding hydrogens is 246 g/mol. The maximum absolute atomic E-state index is 9.41. The van der Waals surface area contributed by atoms with Crippen molar-refractivity contribution in [1.82, 2.24) is 4.98 Å². The first-order chi connectivity index (χ1) is 9.79. The van der Waals surface area contributed by atoms with Gasteiger partial charge in [0, 0.05) is 29.6 Å². The smallest absolute Gasteiger partial charge is 0.0457 e. The van der Waals surface area contributed by atoms with Gasteiger partial charge in [-0.3, -0.25) is 0 Å². The SMILES string of the molecule is Cc1ccc(C(CCO)c2c[nH]c3ccccc23)cc1. The molecule has 0 bridgehead atoms. The van der Waals surface area contributed by atoms with Crippen molar-refractivity contribution in [2.24, 2.45) is 0 Å². The molecule has 0 aliphatic rings. The molecule has 0 saturated heterocycles. The first kappa shape index (κ1) is 12.9. The lowest BCUT2D eigenvalue weighted by molar-refractivity contribution is 0.282. The minimum Gasteiger partial charge on any atom is -0.396 e. The van der Waals surface area contributed by atoms with Gasteiger partial charge in [-0.05, 0) is 30.5 Å². The fourth-order valence-electron chi connectivity index (χ4n) is 2.81. The van der Waals surface area contributed by atoms with Gasteiger partial charge in [0.2, 0.25) is 0 Å². The highest BCUT2D eigenvalue weighted by Crippen LogP contribution is 2.33. The lowest BCUT2D eigenvalue weighted by Crippen LogP contribution is -2.03. The number of aliphatic hydroxyl groups is 1. The molecule has 102 valence electrons. The Hall–Kier alpha value is -2.06. The van der Waals surface area contributed by atoms with E-state index in [4.69, 9.17) is 0 Å². The monoisotopic (exact) mass is 265 g/mol. The third kappa shape index (κ3) is 2.35. The van der Waals surface area contributed by atoms with Crippen molar-refractivity contribution in [3.8, 4) is 0 Å². The quantitative estimate of drug-likeness (QED) is 0.735. The Labute approximate surface area is 119 Å². The molecule has 1 aromatic heterocycles. The number of H-pyrrole nitrogens is 1. The van der Waals surface area contributed by atoms with Crippen LogP contribution in [0.4, 0.5) is 0 Å². The van der Waals surface area contributed by atoms with Crippen molar-refractivity contribution in [2.45, 2.75) is 19.3 Å². The summed E-state index contributed by atoms with van der Waals surface area (Å²) in [4.78, 5) is 3.33. The van der Waals surface area contributed by atoms with E-state index in [0.717, 1.165) is 11.9 Å². The Morgan fingerprint density at radius 1 is 1.05 bits per heavy atom. The van der Waals surface area contributed by atoms with Gasteiger partial charge in [-0.2, -0.15) is 0 Å². The van der Waals surface area contributed by atoms with Gasteiger partial charge < -0.3 is 10.1 Å². The molecule has 20 heavy (non-hydrogen) atoms. The molecule has 3 rings (SSSR count). The fourth-order valence-corrected chi connectivity index (χ4v) is 2.81. The third-order valence-electron chi connectivity index (χ3n) is 3.89. The van der Waals surface area contributed by atoms with Gasteiger partial charge in [0.15, 0.2) is 0 Å². The number of rotatable bonds is 4. The number of hydrogen-bond acceptors (Lipinski definition) is 1. The van der Waals surface area contributed by atoms with Crippen molar-refractivity contribution in [3.63, 3.8) is 0 Å². The van der Waals surface area contributed by atoms with Gasteiger partial charge in [0.1, 0.15) is 0 Å². The first-order valence-corrected chi connectivity index (χ1v) is 7.03. The molecule has 3 aromatic rings. The summed E-state index contributed by atoms with van der Waals surface area (Å²) in [5.74, 6) is 0.233. The largest absolute Gasteiger partial charge is 0.396 e. The van der Waals surface area contributed by atoms with Crippen LogP contribution in [0.1, 0.15) is 29.0 Å². The van der Waals surface area contributed by atoms with Crippen LogP contribution in [-0.4, -0.2) is 16.7 Å². The van der Waals surface area contributed by atoms with Crippen molar-refractivity contribution in [2.75, 3.05) is 6.61 Å². The molecule has 2 nitrogen and oxygen atoms in total. The van der Waals surface area contributed by atoms with E-state index in [1.54, 1.807) is 0 Å². The zero-order valence-corrected chi connectivity index (χ0v) is 11.6. The number of aromatic nitrogens is 1. The number of hydrogen-bond donors (Lipinski definition) is 2. The van der Waals surface area contributed by atoms with E-state index in [0.29, 0.717) is 0 Å². The second-order valence-electron chi connectivity index (χ2n) is 5.27. The van der Waals surface area contributed by atoms with E-state index in [9.17, 15) is 5.11 Å². The maximum atomic E-state index is 9.41. The number of benzene rings is 2. The molecule has 2 aromatic carbocycles. The predicted octanol–water partition coefficient (Wildman–Crippen LogP) is 3.99. The molecular formula is C18H19NO. The molecule has 0 saturated carbocycles. The molecule has 0 aliphatic heterocycles. The summed E-state index contributed by atoms with van der Waals surface area (Å²) < 4.78 is 0. The number of para-hydroxylation sites is 1. The highest BCUT2D eigenvalue weighted by molar-refractivity contribution is 5.84. The van der Waals surface area contributed by atoms with Crippen LogP contribution < -0.4 is 0 Å². The predicted molar refractivity (Wildman–Crippen MR) is 83.0 cm³/mol. The molecule has 1 unspecified atom stereocenters. The number of aromatic amines is 1. The fraction of sp³-hybridized carbons (Fsp3) is 0.222. The van der Waals surface area contributed by atoms with Gasteiger partial charge in [-0.25, -0.2) is 0 Å². The molecule has 0 aliphatic carbocycles. The normalized spacial score (nSPS) is 12.7. The zero-order valence-electron chi connectivity index (χ0n) is 11.6. The highest BCUT2D eigenvalue weighted by atomic mass is 16.3. The van der Waals surface area contributed by atoms with Gasteiger partial charge in [0.05, 0.1) is 0 Å². The minimum atomic E-state index is 0.193. The summed E-state index contributed by atoms with van der Waals surface area (Å²) in [6, 6.07) is 16.9. The Balaban J connectivity index is 2.08. The second kappa shape index (κ2) is 5.51. The van der Waals surface area contributed by atoms with E-state index in [1.807, 2.05) is 6.07 Å². The molecule has 2 heteroatoms. The molecule has 0 fully saturated rings. The van der Waals surface area contributed by atoms with Crippen LogP contribution in [0, 0.1) is 6.92 Å². The van der Waals surface area contributed by atoms with E-state index in [1.165, 1.54) is 22.1 Å². The summed E-state index contributed by atoms with van der Waals surface area (Å²) in [5.41, 5.74) is 4.93. The number of fused-ring (bicyclic) bond motifs is 1. The van der Waals surface area contributed by atoms with Crippen molar-refractivity contribution in [3.05, 3.63) is 71.4 Å². The Bertz CT molecular complexity index is 697. The van der Waals surface area contributed by atoms with E-state index < -0.39 is 0 Å². The Morgan fingerprint density at radius 3 is 2.55 bits per heavy atom. The zero-order chi connectivity index (χ0) is 13.9. The van der Waals surface area contributed by atoms with Crippen LogP contribution >= 0.6 is 0 Å². The van der Waals surface area contributed by atoms with Crippen molar-refractivity contribution in [1.29, 1.82) is 0 Å². The lowest BCUT2D eigenvalue weighted by atomic mass is 9.88. The Kier molecular flexibility index (Phi) is 3.57. The lowest BCUT2D eigenvalue weighted by Gasteiger charge is -2.16. The van der Waals surface area contributed by atoms with Crippen LogP contribution in [-0.2, 0) is 0 Å². The topological polar surface area (TPSA) is 36.0 Å². The molecule has 2 N–H and O–H groups in total. The van der Waals surface area contributed by atoms with Gasteiger partial charge in [0.25, 0.3) is 0 Å². The standard InChI is InChI=1S/C18H19NO/c1-13-6-8-14(9-7-13)15(10-11-20)17-12-19-18-5-3-2-4-16(17)18/h2-9,12,15,19-20H,10-11H2,1H3. The van der Waals surface area contributed by atoms with Crippen LogP contribution in [0.5, 0.6) is 0 Å². The number of aryl methyl sites for hydroxylation is 1. The highest BCUT2D eigenvalue weighted by Gasteiger charge is 2.17. The van der Waals surface area contributed by atoms with Crippen molar-refractivity contribution < 1.29 is 5.11 Å². The number of aliphatic hydroxyl groups excluding tert-OH is 1. The summed E-state index contributed by atoms with van der Waals surface area (Å²) in [7, 11) is 0. The summed E-state index contributed by atoms with van der Waals surface area (Å²) in [6.45, 7) is 2.29. The third-order valence-corrected chi connectivity index (χ3v) is 3.89.